The molecule has 1 aliphatic heterocycles. The van der Waals surface area contributed by atoms with Crippen LogP contribution in [0, 0.1) is 0 Å². The van der Waals surface area contributed by atoms with Crippen LogP contribution in [0.5, 0.6) is 0 Å². The van der Waals surface area contributed by atoms with E-state index in [0.29, 0.717) is 38.3 Å². The van der Waals surface area contributed by atoms with Gasteiger partial charge in [-0.3, -0.25) is 9.59 Å². The Morgan fingerprint density at radius 1 is 0.900 bits per heavy atom. The average Bonchev–Trinajstić information content (AvgIpc) is 2.77. The Morgan fingerprint density at radius 3 is 2.03 bits per heavy atom. The zero-order valence-electron chi connectivity index (χ0n) is 18.4. The van der Waals surface area contributed by atoms with E-state index in [4.69, 9.17) is 4.74 Å². The van der Waals surface area contributed by atoms with Crippen LogP contribution in [-0.2, 0) is 21.6 Å². The highest BCUT2D eigenvalue weighted by atomic mass is 16.5. The van der Waals surface area contributed by atoms with Crippen molar-refractivity contribution in [3.05, 3.63) is 71.3 Å². The lowest BCUT2D eigenvalue weighted by Crippen LogP contribution is -2.54. The maximum atomic E-state index is 13.1. The van der Waals surface area contributed by atoms with Gasteiger partial charge in [-0.05, 0) is 51.0 Å². The highest BCUT2D eigenvalue weighted by Crippen LogP contribution is 2.26. The number of hydrogen-bond donors (Lipinski definition) is 0. The molecule has 0 spiro atoms. The van der Waals surface area contributed by atoms with Crippen LogP contribution in [-0.4, -0.2) is 53.9 Å². The number of amides is 2. The number of nitrogens with zero attached hydrogens (tertiary/aromatic N) is 2. The van der Waals surface area contributed by atoms with Gasteiger partial charge in [0.05, 0.1) is 18.1 Å². The summed E-state index contributed by atoms with van der Waals surface area (Å²) < 4.78 is 5.61. The topological polar surface area (TPSA) is 49.9 Å². The van der Waals surface area contributed by atoms with Crippen LogP contribution in [0.2, 0.25) is 0 Å². The molecule has 2 aromatic carbocycles. The first-order chi connectivity index (χ1) is 14.3. The molecule has 0 aromatic heterocycles. The molecule has 2 amide bonds. The van der Waals surface area contributed by atoms with Crippen molar-refractivity contribution in [2.24, 2.45) is 0 Å². The van der Waals surface area contributed by atoms with E-state index in [1.807, 2.05) is 92.1 Å². The van der Waals surface area contributed by atoms with Gasteiger partial charge in [-0.25, -0.2) is 0 Å². The zero-order valence-corrected chi connectivity index (χ0v) is 18.4. The van der Waals surface area contributed by atoms with Crippen LogP contribution >= 0.6 is 0 Å². The van der Waals surface area contributed by atoms with Gasteiger partial charge in [-0.1, -0.05) is 42.5 Å². The minimum absolute atomic E-state index is 0.0146. The summed E-state index contributed by atoms with van der Waals surface area (Å²) in [6, 6.07) is 17.5. The number of benzene rings is 2. The first-order valence-corrected chi connectivity index (χ1v) is 10.6. The SMILES string of the molecule is CC(C)OCc1ccc(C(=O)N2CCN(C(=O)C(C)(C)c3ccccc3)CC2)cc1. The van der Waals surface area contributed by atoms with Crippen LogP contribution < -0.4 is 0 Å². The van der Waals surface area contributed by atoms with Gasteiger partial charge in [-0.2, -0.15) is 0 Å². The molecule has 0 unspecified atom stereocenters. The van der Waals surface area contributed by atoms with Crippen molar-refractivity contribution >= 4 is 11.8 Å². The van der Waals surface area contributed by atoms with Crippen molar-refractivity contribution < 1.29 is 14.3 Å². The second-order valence-electron chi connectivity index (χ2n) is 8.63. The molecule has 0 radical (unpaired) electrons. The highest BCUT2D eigenvalue weighted by Gasteiger charge is 2.35. The summed E-state index contributed by atoms with van der Waals surface area (Å²) in [5, 5.41) is 0. The first kappa shape index (κ1) is 22.0. The van der Waals surface area contributed by atoms with E-state index in [1.165, 1.54) is 0 Å². The van der Waals surface area contributed by atoms with Gasteiger partial charge in [0.1, 0.15) is 0 Å². The Labute approximate surface area is 179 Å². The molecule has 1 heterocycles. The van der Waals surface area contributed by atoms with E-state index < -0.39 is 5.41 Å². The maximum Gasteiger partial charge on any atom is 0.253 e. The number of carbonyl (C=O) groups excluding carboxylic acids is 2. The van der Waals surface area contributed by atoms with E-state index in [-0.39, 0.29) is 17.9 Å². The molecular weight excluding hydrogens is 376 g/mol. The van der Waals surface area contributed by atoms with Crippen molar-refractivity contribution in [3.63, 3.8) is 0 Å². The Kier molecular flexibility index (Phi) is 6.93. The molecule has 0 atom stereocenters. The summed E-state index contributed by atoms with van der Waals surface area (Å²) in [5.74, 6) is 0.121. The number of carbonyl (C=O) groups is 2. The summed E-state index contributed by atoms with van der Waals surface area (Å²) in [5.41, 5.74) is 2.16. The predicted octanol–water partition coefficient (Wildman–Crippen LogP) is 3.87. The Balaban J connectivity index is 1.57. The molecule has 1 aliphatic rings. The van der Waals surface area contributed by atoms with Gasteiger partial charge in [0.25, 0.3) is 5.91 Å². The van der Waals surface area contributed by atoms with Gasteiger partial charge in [0.2, 0.25) is 5.91 Å². The molecular formula is C25H32N2O3. The second-order valence-corrected chi connectivity index (χ2v) is 8.63. The predicted molar refractivity (Wildman–Crippen MR) is 118 cm³/mol. The van der Waals surface area contributed by atoms with E-state index in [1.54, 1.807) is 0 Å². The smallest absolute Gasteiger partial charge is 0.253 e. The Hall–Kier alpha value is -2.66. The molecule has 30 heavy (non-hydrogen) atoms. The number of rotatable bonds is 6. The van der Waals surface area contributed by atoms with Gasteiger partial charge in [0, 0.05) is 31.7 Å². The summed E-state index contributed by atoms with van der Waals surface area (Å²) in [7, 11) is 0. The van der Waals surface area contributed by atoms with E-state index in [2.05, 4.69) is 0 Å². The van der Waals surface area contributed by atoms with Crippen molar-refractivity contribution in [3.8, 4) is 0 Å². The molecule has 1 saturated heterocycles. The van der Waals surface area contributed by atoms with Crippen molar-refractivity contribution in [2.45, 2.75) is 45.8 Å². The fourth-order valence-electron chi connectivity index (χ4n) is 3.68. The van der Waals surface area contributed by atoms with Crippen molar-refractivity contribution in [2.75, 3.05) is 26.2 Å². The number of hydrogen-bond acceptors (Lipinski definition) is 3. The maximum absolute atomic E-state index is 13.1. The molecule has 0 saturated carbocycles. The molecule has 3 rings (SSSR count). The van der Waals surface area contributed by atoms with Crippen molar-refractivity contribution in [1.82, 2.24) is 9.80 Å². The summed E-state index contributed by atoms with van der Waals surface area (Å²) in [6.45, 7) is 10.7. The van der Waals surface area contributed by atoms with Crippen LogP contribution in [0.15, 0.2) is 54.6 Å². The molecule has 0 aliphatic carbocycles. The van der Waals surface area contributed by atoms with Crippen molar-refractivity contribution in [1.29, 1.82) is 0 Å². The molecule has 2 aromatic rings. The standard InChI is InChI=1S/C25H32N2O3/c1-19(2)30-18-20-10-12-21(13-11-20)23(28)26-14-16-27(17-15-26)24(29)25(3,4)22-8-6-5-7-9-22/h5-13,19H,14-18H2,1-4H3. The third-order valence-electron chi connectivity index (χ3n) is 5.67. The largest absolute Gasteiger partial charge is 0.374 e. The summed E-state index contributed by atoms with van der Waals surface area (Å²) >= 11 is 0. The molecule has 5 nitrogen and oxygen atoms in total. The van der Waals surface area contributed by atoms with Crippen LogP contribution in [0.4, 0.5) is 0 Å². The Bertz CT molecular complexity index is 852. The molecule has 0 N–H and O–H groups in total. The number of piperazine rings is 1. The van der Waals surface area contributed by atoms with Crippen LogP contribution in [0.3, 0.4) is 0 Å². The average molecular weight is 409 g/mol. The monoisotopic (exact) mass is 408 g/mol. The molecule has 160 valence electrons. The van der Waals surface area contributed by atoms with Crippen LogP contribution in [0.1, 0.15) is 49.2 Å². The van der Waals surface area contributed by atoms with Gasteiger partial charge < -0.3 is 14.5 Å². The fraction of sp³-hybridized carbons (Fsp3) is 0.440. The summed E-state index contributed by atoms with van der Waals surface area (Å²) in [6.07, 6.45) is 0.178. The van der Waals surface area contributed by atoms with E-state index >= 15 is 0 Å². The minimum Gasteiger partial charge on any atom is -0.374 e. The van der Waals surface area contributed by atoms with Gasteiger partial charge in [-0.15, -0.1) is 0 Å². The lowest BCUT2D eigenvalue weighted by atomic mass is 9.83. The quantitative estimate of drug-likeness (QED) is 0.729. The zero-order chi connectivity index (χ0) is 21.7. The third-order valence-corrected chi connectivity index (χ3v) is 5.67. The molecule has 0 bridgehead atoms. The van der Waals surface area contributed by atoms with E-state index in [0.717, 1.165) is 11.1 Å². The summed E-state index contributed by atoms with van der Waals surface area (Å²) in [4.78, 5) is 29.7. The molecule has 1 fully saturated rings. The number of ether oxygens (including phenoxy) is 1. The lowest BCUT2D eigenvalue weighted by molar-refractivity contribution is -0.137. The second kappa shape index (κ2) is 9.43. The minimum atomic E-state index is -0.582. The van der Waals surface area contributed by atoms with Gasteiger partial charge in [0.15, 0.2) is 0 Å². The Morgan fingerprint density at radius 2 is 1.47 bits per heavy atom. The fourth-order valence-corrected chi connectivity index (χ4v) is 3.68. The highest BCUT2D eigenvalue weighted by molar-refractivity contribution is 5.94. The third kappa shape index (κ3) is 5.08. The lowest BCUT2D eigenvalue weighted by Gasteiger charge is -2.38. The van der Waals surface area contributed by atoms with Crippen LogP contribution in [0.25, 0.3) is 0 Å². The molecule has 5 heteroatoms. The van der Waals surface area contributed by atoms with Gasteiger partial charge >= 0.3 is 0 Å². The normalized spacial score (nSPS) is 14.8. The first-order valence-electron chi connectivity index (χ1n) is 10.6. The van der Waals surface area contributed by atoms with E-state index in [9.17, 15) is 9.59 Å².